The smallest absolute Gasteiger partial charge is 0.333 e. The Labute approximate surface area is 246 Å². The average Bonchev–Trinajstić information content (AvgIpc) is 2.99. The van der Waals surface area contributed by atoms with Crippen LogP contribution in [0, 0.1) is 0 Å². The number of nitrogens with one attached hydrogen (secondary N) is 1. The number of piperazine rings is 1. The van der Waals surface area contributed by atoms with Crippen LogP contribution in [0.2, 0.25) is 0 Å². The average molecular weight is 656 g/mol. The number of hydrogen-bond donors (Lipinski definition) is 1. The van der Waals surface area contributed by atoms with Gasteiger partial charge in [-0.25, -0.2) is 14.2 Å². The Bertz CT molecular complexity index is 1350. The van der Waals surface area contributed by atoms with E-state index in [0.717, 1.165) is 31.7 Å². The standard InChI is InChI=1S/C30H31FIN5O3/c31-21-35-20-28(38)36-26(15-22-8-3-1-4-9-22)29(39)34(18-25-13-7-12-24(14-25)16-32)19-27(36)37(35)30(40)33-17-23-10-5-2-6-11-23/h1-14,26-27H,15-21H2,(H,33,40)/t26-,27-/m0/s1. The third-order valence-electron chi connectivity index (χ3n) is 7.25. The molecule has 2 aliphatic rings. The Hall–Kier alpha value is -3.51. The molecular formula is C30H31FIN5O3. The fourth-order valence-corrected chi connectivity index (χ4v) is 5.84. The monoisotopic (exact) mass is 655 g/mol. The maximum Gasteiger partial charge on any atom is 0.334 e. The highest BCUT2D eigenvalue weighted by molar-refractivity contribution is 14.1. The SMILES string of the molecule is O=C1[C@H](Cc2ccccc2)N2C(=O)CN(CF)N(C(=O)NCc3ccccc3)[C@H]2CN1Cc1cccc(CI)c1. The zero-order chi connectivity index (χ0) is 28.1. The number of amides is 4. The lowest BCUT2D eigenvalue weighted by Gasteiger charge is -2.54. The van der Waals surface area contributed by atoms with Gasteiger partial charge in [0.05, 0.1) is 6.54 Å². The molecule has 1 N–H and O–H groups in total. The van der Waals surface area contributed by atoms with Crippen molar-refractivity contribution in [3.63, 3.8) is 0 Å². The van der Waals surface area contributed by atoms with Gasteiger partial charge in [-0.05, 0) is 22.3 Å². The van der Waals surface area contributed by atoms with Crippen molar-refractivity contribution in [1.82, 2.24) is 25.1 Å². The second-order valence-electron chi connectivity index (χ2n) is 9.93. The predicted molar refractivity (Wildman–Crippen MR) is 157 cm³/mol. The number of hydrazine groups is 1. The van der Waals surface area contributed by atoms with Gasteiger partial charge in [0.1, 0.15) is 18.8 Å². The molecule has 2 aliphatic heterocycles. The van der Waals surface area contributed by atoms with Crippen molar-refractivity contribution >= 4 is 40.4 Å². The molecule has 208 valence electrons. The molecule has 8 nitrogen and oxygen atoms in total. The van der Waals surface area contributed by atoms with Crippen LogP contribution < -0.4 is 5.32 Å². The number of fused-ring (bicyclic) bond motifs is 1. The van der Waals surface area contributed by atoms with E-state index >= 15 is 0 Å². The molecule has 2 saturated heterocycles. The number of nitrogens with zero attached hydrogens (tertiary/aromatic N) is 4. The van der Waals surface area contributed by atoms with E-state index < -0.39 is 25.0 Å². The summed E-state index contributed by atoms with van der Waals surface area (Å²) in [6.45, 7) is -0.705. The van der Waals surface area contributed by atoms with Gasteiger partial charge in [-0.3, -0.25) is 9.59 Å². The zero-order valence-electron chi connectivity index (χ0n) is 22.0. The summed E-state index contributed by atoms with van der Waals surface area (Å²) in [7, 11) is 0. The lowest BCUT2D eigenvalue weighted by atomic mass is 9.98. The summed E-state index contributed by atoms with van der Waals surface area (Å²) in [4.78, 5) is 44.1. The Kier molecular flexibility index (Phi) is 8.95. The molecule has 2 heterocycles. The van der Waals surface area contributed by atoms with Crippen LogP contribution in [0.1, 0.15) is 22.3 Å². The maximum atomic E-state index is 14.3. The lowest BCUT2D eigenvalue weighted by Crippen LogP contribution is -2.76. The van der Waals surface area contributed by atoms with Crippen LogP contribution in [0.4, 0.5) is 9.18 Å². The highest BCUT2D eigenvalue weighted by Gasteiger charge is 2.51. The first-order valence-corrected chi connectivity index (χ1v) is 14.7. The van der Waals surface area contributed by atoms with E-state index in [4.69, 9.17) is 0 Å². The summed E-state index contributed by atoms with van der Waals surface area (Å²) in [5.74, 6) is -0.567. The van der Waals surface area contributed by atoms with Crippen molar-refractivity contribution in [2.45, 2.75) is 36.1 Å². The quantitative estimate of drug-likeness (QED) is 0.226. The number of rotatable bonds is 8. The number of alkyl halides is 2. The molecule has 0 aliphatic carbocycles. The molecule has 2 fully saturated rings. The summed E-state index contributed by atoms with van der Waals surface area (Å²) in [5, 5.41) is 5.27. The number of carbonyl (C=O) groups is 3. The van der Waals surface area contributed by atoms with Gasteiger partial charge < -0.3 is 15.1 Å². The minimum Gasteiger partial charge on any atom is -0.333 e. The molecule has 40 heavy (non-hydrogen) atoms. The van der Waals surface area contributed by atoms with Crippen molar-refractivity contribution < 1.29 is 18.8 Å². The van der Waals surface area contributed by atoms with E-state index in [9.17, 15) is 18.8 Å². The Morgan fingerprint density at radius 1 is 0.900 bits per heavy atom. The molecular weight excluding hydrogens is 624 g/mol. The number of urea groups is 1. The molecule has 10 heteroatoms. The normalized spacial score (nSPS) is 19.5. The van der Waals surface area contributed by atoms with Crippen LogP contribution in [-0.4, -0.2) is 69.8 Å². The summed E-state index contributed by atoms with van der Waals surface area (Å²) in [6, 6.07) is 25.6. The van der Waals surface area contributed by atoms with Crippen molar-refractivity contribution in [2.75, 3.05) is 19.9 Å². The third kappa shape index (κ3) is 6.12. The first kappa shape index (κ1) is 28.0. The summed E-state index contributed by atoms with van der Waals surface area (Å²) in [6.07, 6.45) is -0.562. The zero-order valence-corrected chi connectivity index (χ0v) is 24.1. The van der Waals surface area contributed by atoms with Gasteiger partial charge in [-0.1, -0.05) is 108 Å². The molecule has 0 spiro atoms. The van der Waals surface area contributed by atoms with Gasteiger partial charge in [0, 0.05) is 23.9 Å². The Balaban J connectivity index is 1.47. The Morgan fingerprint density at radius 2 is 1.55 bits per heavy atom. The van der Waals surface area contributed by atoms with E-state index in [1.807, 2.05) is 78.9 Å². The third-order valence-corrected chi connectivity index (χ3v) is 8.13. The molecule has 3 aromatic carbocycles. The van der Waals surface area contributed by atoms with Crippen LogP contribution in [0.15, 0.2) is 84.9 Å². The fourth-order valence-electron chi connectivity index (χ4n) is 5.37. The predicted octanol–water partition coefficient (Wildman–Crippen LogP) is 4.10. The summed E-state index contributed by atoms with van der Waals surface area (Å²) < 4.78 is 15.1. The van der Waals surface area contributed by atoms with Gasteiger partial charge in [0.25, 0.3) is 0 Å². The second-order valence-corrected chi connectivity index (χ2v) is 10.7. The van der Waals surface area contributed by atoms with E-state index in [1.54, 1.807) is 4.90 Å². The van der Waals surface area contributed by atoms with Gasteiger partial charge in [0.2, 0.25) is 11.8 Å². The summed E-state index contributed by atoms with van der Waals surface area (Å²) >= 11 is 2.30. The summed E-state index contributed by atoms with van der Waals surface area (Å²) in [5.41, 5.74) is 3.89. The molecule has 0 aromatic heterocycles. The van der Waals surface area contributed by atoms with E-state index in [0.29, 0.717) is 13.0 Å². The van der Waals surface area contributed by atoms with Gasteiger partial charge in [-0.15, -0.1) is 0 Å². The van der Waals surface area contributed by atoms with Gasteiger partial charge >= 0.3 is 6.03 Å². The van der Waals surface area contributed by atoms with Gasteiger partial charge in [-0.2, -0.15) is 5.01 Å². The fraction of sp³-hybridized carbons (Fsp3) is 0.300. The highest BCUT2D eigenvalue weighted by Crippen LogP contribution is 2.29. The molecule has 0 unspecified atom stereocenters. The minimum absolute atomic E-state index is 0.0690. The van der Waals surface area contributed by atoms with E-state index in [1.165, 1.54) is 9.91 Å². The molecule has 0 bridgehead atoms. The first-order valence-electron chi connectivity index (χ1n) is 13.2. The van der Waals surface area contributed by atoms with Crippen LogP contribution in [0.25, 0.3) is 0 Å². The lowest BCUT2D eigenvalue weighted by molar-refractivity contribution is -0.195. The van der Waals surface area contributed by atoms with Gasteiger partial charge in [0.15, 0.2) is 6.80 Å². The first-order chi connectivity index (χ1) is 19.5. The molecule has 0 radical (unpaired) electrons. The van der Waals surface area contributed by atoms with Crippen LogP contribution in [0.5, 0.6) is 0 Å². The van der Waals surface area contributed by atoms with Crippen LogP contribution >= 0.6 is 22.6 Å². The van der Waals surface area contributed by atoms with Crippen molar-refractivity contribution in [2.24, 2.45) is 0 Å². The topological polar surface area (TPSA) is 76.2 Å². The van der Waals surface area contributed by atoms with Crippen molar-refractivity contribution in [3.05, 3.63) is 107 Å². The van der Waals surface area contributed by atoms with Crippen LogP contribution in [0.3, 0.4) is 0 Å². The Morgan fingerprint density at radius 3 is 2.23 bits per heavy atom. The minimum atomic E-state index is -1.01. The number of halogens is 2. The maximum absolute atomic E-state index is 14.3. The number of benzene rings is 3. The molecule has 3 aromatic rings. The van der Waals surface area contributed by atoms with Crippen LogP contribution in [-0.2, 0) is 33.5 Å². The molecule has 2 atom stereocenters. The second kappa shape index (κ2) is 12.8. The van der Waals surface area contributed by atoms with Crippen molar-refractivity contribution in [1.29, 1.82) is 0 Å². The van der Waals surface area contributed by atoms with Crippen molar-refractivity contribution in [3.8, 4) is 0 Å². The molecule has 5 rings (SSSR count). The van der Waals surface area contributed by atoms with E-state index in [-0.39, 0.29) is 31.4 Å². The highest BCUT2D eigenvalue weighted by atomic mass is 127. The molecule has 4 amide bonds. The molecule has 0 saturated carbocycles. The largest absolute Gasteiger partial charge is 0.334 e. The number of carbonyl (C=O) groups excluding carboxylic acids is 3. The van der Waals surface area contributed by atoms with E-state index in [2.05, 4.69) is 34.0 Å². The number of hydrogen-bond acceptors (Lipinski definition) is 4.